The molecule has 0 aromatic carbocycles. The fraction of sp³-hybridized carbons (Fsp3) is 0.500. The number of rotatable bonds is 3. The van der Waals surface area contributed by atoms with Crippen molar-refractivity contribution in [1.29, 1.82) is 0 Å². The molecule has 0 aliphatic heterocycles. The minimum absolute atomic E-state index is 0.0905. The maximum Gasteiger partial charge on any atom is 0.329 e. The van der Waals surface area contributed by atoms with Crippen LogP contribution in [0.5, 0.6) is 0 Å². The Morgan fingerprint density at radius 3 is 2.07 bits per heavy atom. The third kappa shape index (κ3) is 14.0. The molecule has 0 radical (unpaired) electrons. The van der Waals surface area contributed by atoms with Crippen LogP contribution in [0.3, 0.4) is 0 Å². The molecule has 0 fully saturated rings. The van der Waals surface area contributed by atoms with Crippen molar-refractivity contribution in [3.05, 3.63) is 0 Å². The molecule has 0 aliphatic rings. The van der Waals surface area contributed by atoms with Gasteiger partial charge in [0.25, 0.3) is 0 Å². The highest BCUT2D eigenvalue weighted by Crippen LogP contribution is 1.92. The molecule has 0 saturated heterocycles. The van der Waals surface area contributed by atoms with Crippen molar-refractivity contribution < 1.29 is 18.7 Å². The number of thiol groups is 1. The van der Waals surface area contributed by atoms with Gasteiger partial charge in [-0.2, -0.15) is 12.6 Å². The van der Waals surface area contributed by atoms with Crippen LogP contribution in [0.15, 0.2) is 4.99 Å². The van der Waals surface area contributed by atoms with Crippen LogP contribution in [0.25, 0.3) is 0 Å². The number of carbonyl (C=O) groups is 1. The van der Waals surface area contributed by atoms with E-state index < -0.39 is 21.7 Å². The first-order chi connectivity index (χ1) is 6.31. The first-order valence-electron chi connectivity index (χ1n) is 3.02. The predicted molar refractivity (Wildman–Crippen MR) is 59.1 cm³/mol. The van der Waals surface area contributed by atoms with Crippen LogP contribution >= 0.6 is 12.6 Å². The van der Waals surface area contributed by atoms with Crippen molar-refractivity contribution in [2.24, 2.45) is 16.5 Å². The van der Waals surface area contributed by atoms with Crippen LogP contribution in [0.1, 0.15) is 0 Å². The summed E-state index contributed by atoms with van der Waals surface area (Å²) in [7, 11) is -2.03. The minimum Gasteiger partial charge on any atom is -0.480 e. The zero-order chi connectivity index (χ0) is 11.7. The highest BCUT2D eigenvalue weighted by atomic mass is 32.8. The SMILES string of the molecule is NC(N)=N[C@@H](CS)C(=O)O.O=[S-](O)=S. The van der Waals surface area contributed by atoms with Gasteiger partial charge < -0.3 is 25.3 Å². The van der Waals surface area contributed by atoms with Gasteiger partial charge in [-0.3, -0.25) is 0 Å². The standard InChI is InChI=1S/C4H9N3O2S.HO2S2/c5-4(6)7-2(1-10)3(8)9;1-4(2)3/h2,10H,1H2,(H,8,9)(H4,5,6,7);(H,1,2,3)/q;-1/t2-;/m0./s1. The van der Waals surface area contributed by atoms with Crippen LogP contribution in [0, 0.1) is 0 Å². The molecule has 0 amide bonds. The third-order valence-electron chi connectivity index (χ3n) is 0.763. The van der Waals surface area contributed by atoms with Gasteiger partial charge in [0.1, 0.15) is 0 Å². The Kier molecular flexibility index (Phi) is 10.2. The minimum atomic E-state index is -2.03. The van der Waals surface area contributed by atoms with E-state index in [-0.39, 0.29) is 11.7 Å². The van der Waals surface area contributed by atoms with Crippen molar-refractivity contribution in [2.75, 3.05) is 5.75 Å². The third-order valence-corrected chi connectivity index (χ3v) is 1.11. The van der Waals surface area contributed by atoms with E-state index in [1.54, 1.807) is 0 Å². The van der Waals surface area contributed by atoms with Gasteiger partial charge >= 0.3 is 5.97 Å². The van der Waals surface area contributed by atoms with Crippen molar-refractivity contribution >= 4 is 45.4 Å². The molecule has 0 aromatic rings. The number of hydrogen-bond acceptors (Lipinski definition) is 6. The highest BCUT2D eigenvalue weighted by Gasteiger charge is 2.12. The van der Waals surface area contributed by atoms with Gasteiger partial charge in [-0.15, -0.1) is 0 Å². The lowest BCUT2D eigenvalue weighted by atomic mass is 10.4. The Labute approximate surface area is 92.5 Å². The summed E-state index contributed by atoms with van der Waals surface area (Å²) in [5.74, 6) is -1.22. The summed E-state index contributed by atoms with van der Waals surface area (Å²) in [6.07, 6.45) is 0. The van der Waals surface area contributed by atoms with Crippen LogP contribution in [0.4, 0.5) is 0 Å². The summed E-state index contributed by atoms with van der Waals surface area (Å²) in [4.78, 5) is 13.6. The molecule has 0 aliphatic carbocycles. The summed E-state index contributed by atoms with van der Waals surface area (Å²) in [5.41, 5.74) is 9.87. The monoisotopic (exact) mass is 260 g/mol. The quantitative estimate of drug-likeness (QED) is 0.137. The molecule has 0 spiro atoms. The highest BCUT2D eigenvalue weighted by molar-refractivity contribution is 8.18. The van der Waals surface area contributed by atoms with E-state index in [4.69, 9.17) is 25.3 Å². The maximum absolute atomic E-state index is 10.2. The number of guanidine groups is 1. The average molecular weight is 260 g/mol. The molecule has 1 atom stereocenters. The topological polar surface area (TPSA) is 139 Å². The van der Waals surface area contributed by atoms with Gasteiger partial charge in [0.05, 0.1) is 0 Å². The van der Waals surface area contributed by atoms with E-state index in [1.165, 1.54) is 0 Å². The summed E-state index contributed by atoms with van der Waals surface area (Å²) in [6.45, 7) is 0. The fourth-order valence-electron chi connectivity index (χ4n) is 0.354. The number of aliphatic imine (C=N–C) groups is 1. The predicted octanol–water partition coefficient (Wildman–Crippen LogP) is -1.47. The zero-order valence-corrected chi connectivity index (χ0v) is 9.39. The largest absolute Gasteiger partial charge is 0.480 e. The summed E-state index contributed by atoms with van der Waals surface area (Å²) in [5, 5.41) is 8.36. The molecule has 0 saturated carbocycles. The van der Waals surface area contributed by atoms with E-state index in [0.717, 1.165) is 0 Å². The molecule has 0 bridgehead atoms. The second-order valence-corrected chi connectivity index (χ2v) is 3.46. The van der Waals surface area contributed by atoms with Gasteiger partial charge in [0.2, 0.25) is 0 Å². The first-order valence-corrected chi connectivity index (χ1v) is 5.68. The zero-order valence-electron chi connectivity index (χ0n) is 6.86. The van der Waals surface area contributed by atoms with Crippen molar-refractivity contribution in [2.45, 2.75) is 6.04 Å². The van der Waals surface area contributed by atoms with Gasteiger partial charge in [-0.05, 0) is 0 Å². The lowest BCUT2D eigenvalue weighted by molar-refractivity contribution is -0.137. The Balaban J connectivity index is 0. The summed E-state index contributed by atoms with van der Waals surface area (Å²) in [6, 6.07) is -0.937. The molecule has 0 aromatic heterocycles. The lowest BCUT2D eigenvalue weighted by Gasteiger charge is -2.01. The number of aliphatic carboxylic acids is 1. The first kappa shape index (κ1) is 15.9. The Morgan fingerprint density at radius 1 is 1.64 bits per heavy atom. The molecule has 84 valence electrons. The van der Waals surface area contributed by atoms with Crippen LogP contribution in [-0.4, -0.2) is 33.4 Å². The molecule has 0 unspecified atom stereocenters. The number of nitrogens with two attached hydrogens (primary N) is 2. The fourth-order valence-corrected chi connectivity index (χ4v) is 0.592. The van der Waals surface area contributed by atoms with E-state index in [9.17, 15) is 4.79 Å². The van der Waals surface area contributed by atoms with Crippen LogP contribution in [-0.2, 0) is 29.8 Å². The number of carboxylic acid groups (broad SMARTS) is 1. The average Bonchev–Trinajstić information content (AvgIpc) is 1.98. The van der Waals surface area contributed by atoms with E-state index >= 15 is 0 Å². The van der Waals surface area contributed by atoms with Crippen molar-refractivity contribution in [3.63, 3.8) is 0 Å². The molecule has 10 heteroatoms. The number of hydrogen-bond donors (Lipinski definition) is 5. The molecule has 7 nitrogen and oxygen atoms in total. The number of carboxylic acids is 1. The molecular formula is C4H10N3O4S3-. The van der Waals surface area contributed by atoms with E-state index in [0.29, 0.717) is 0 Å². The molecule has 0 heterocycles. The van der Waals surface area contributed by atoms with Gasteiger partial charge in [-0.25, -0.2) is 21.0 Å². The van der Waals surface area contributed by atoms with Gasteiger partial charge in [0.15, 0.2) is 12.0 Å². The van der Waals surface area contributed by atoms with Crippen LogP contribution in [0.2, 0.25) is 0 Å². The smallest absolute Gasteiger partial charge is 0.329 e. The number of nitrogens with zero attached hydrogens (tertiary/aromatic N) is 1. The Hall–Kier alpha value is -0.580. The summed E-state index contributed by atoms with van der Waals surface area (Å²) >= 11 is 7.38. The second-order valence-electron chi connectivity index (χ2n) is 1.81. The van der Waals surface area contributed by atoms with E-state index in [2.05, 4.69) is 28.8 Å². The van der Waals surface area contributed by atoms with Crippen LogP contribution < -0.4 is 11.5 Å². The molecule has 6 N–H and O–H groups in total. The van der Waals surface area contributed by atoms with E-state index in [1.807, 2.05) is 0 Å². The molecular weight excluding hydrogens is 250 g/mol. The lowest BCUT2D eigenvalue weighted by Crippen LogP contribution is -2.29. The maximum atomic E-state index is 10.2. The summed E-state index contributed by atoms with van der Waals surface area (Å²) < 4.78 is 16.3. The Morgan fingerprint density at radius 2 is 2.00 bits per heavy atom. The van der Waals surface area contributed by atoms with Gasteiger partial charge in [-0.1, -0.05) is 9.64 Å². The van der Waals surface area contributed by atoms with Crippen molar-refractivity contribution in [1.82, 2.24) is 0 Å². The van der Waals surface area contributed by atoms with Gasteiger partial charge in [0, 0.05) is 5.75 Å². The second kappa shape index (κ2) is 8.99. The Bertz CT molecular complexity index is 265. The molecule has 0 rings (SSSR count). The normalized spacial score (nSPS) is 11.1. The van der Waals surface area contributed by atoms with Crippen molar-refractivity contribution in [3.8, 4) is 0 Å². The molecule has 14 heavy (non-hydrogen) atoms.